The quantitative estimate of drug-likeness (QED) is 0.169. The predicted octanol–water partition coefficient (Wildman–Crippen LogP) is 5.26. The van der Waals surface area contributed by atoms with E-state index in [0.717, 1.165) is 10.6 Å². The molecular formula is C34H41FN4O6S. The Bertz CT molecular complexity index is 1770. The highest BCUT2D eigenvalue weighted by Crippen LogP contribution is 2.32. The Labute approximate surface area is 269 Å². The Morgan fingerprint density at radius 1 is 1.00 bits per heavy atom. The average molecular weight is 653 g/mol. The minimum absolute atomic E-state index is 0.0601. The summed E-state index contributed by atoms with van der Waals surface area (Å²) < 4.78 is 38.6. The van der Waals surface area contributed by atoms with E-state index in [4.69, 9.17) is 10.8 Å². The van der Waals surface area contributed by atoms with Crippen molar-refractivity contribution in [3.8, 4) is 11.3 Å². The van der Waals surface area contributed by atoms with Gasteiger partial charge in [0.25, 0.3) is 0 Å². The molecule has 0 fully saturated rings. The van der Waals surface area contributed by atoms with E-state index in [1.54, 1.807) is 0 Å². The molecule has 246 valence electrons. The standard InChI is InChI=1S/C22H28FN3O6S.C12H13N/c1-13(2)20-18(10-9-16(27)11-17(28)12-19(29)30)21(14-5-7-15(23)8-6-14)25-22(24-20)26(3)33(4,31)32;1-9(13)11-8-4-6-10-5-2-3-7-12(10)11/h5-10,13,16-17,27-28H,11-12H2,1-4H3,(H,29,30);2-9H,13H2,1H3/b10-9+;/t16-,17-;9-/m11/s1. The lowest BCUT2D eigenvalue weighted by Gasteiger charge is -2.20. The fraction of sp³-hybridized carbons (Fsp3) is 0.324. The smallest absolute Gasteiger partial charge is 0.305 e. The van der Waals surface area contributed by atoms with Crippen LogP contribution in [-0.4, -0.2) is 65.2 Å². The van der Waals surface area contributed by atoms with Gasteiger partial charge in [0.1, 0.15) is 5.82 Å². The molecule has 0 unspecified atom stereocenters. The maximum atomic E-state index is 13.5. The van der Waals surface area contributed by atoms with Crippen LogP contribution >= 0.6 is 0 Å². The van der Waals surface area contributed by atoms with Gasteiger partial charge in [-0.2, -0.15) is 0 Å². The number of carboxylic acids is 1. The van der Waals surface area contributed by atoms with Crippen molar-refractivity contribution in [1.82, 2.24) is 9.97 Å². The van der Waals surface area contributed by atoms with Crippen LogP contribution in [0.3, 0.4) is 0 Å². The van der Waals surface area contributed by atoms with E-state index in [9.17, 15) is 27.8 Å². The predicted molar refractivity (Wildman–Crippen MR) is 179 cm³/mol. The molecule has 0 saturated carbocycles. The third-order valence-corrected chi connectivity index (χ3v) is 8.29. The van der Waals surface area contributed by atoms with Gasteiger partial charge in [-0.3, -0.25) is 4.79 Å². The molecule has 10 nitrogen and oxygen atoms in total. The van der Waals surface area contributed by atoms with Gasteiger partial charge in [-0.1, -0.05) is 68.5 Å². The number of halogens is 1. The third kappa shape index (κ3) is 9.88. The number of hydrogen-bond acceptors (Lipinski definition) is 8. The number of sulfonamides is 1. The zero-order chi connectivity index (χ0) is 34.2. The highest BCUT2D eigenvalue weighted by Gasteiger charge is 2.22. The van der Waals surface area contributed by atoms with Crippen LogP contribution in [0.5, 0.6) is 0 Å². The van der Waals surface area contributed by atoms with E-state index in [0.29, 0.717) is 22.5 Å². The number of benzene rings is 3. The number of anilines is 1. The number of carboxylic acid groups (broad SMARTS) is 1. The second-order valence-corrected chi connectivity index (χ2v) is 13.3. The molecule has 0 saturated heterocycles. The monoisotopic (exact) mass is 652 g/mol. The lowest BCUT2D eigenvalue weighted by atomic mass is 9.97. The summed E-state index contributed by atoms with van der Waals surface area (Å²) in [5.74, 6) is -1.87. The molecule has 0 aliphatic carbocycles. The number of aliphatic hydroxyl groups is 2. The van der Waals surface area contributed by atoms with E-state index in [1.807, 2.05) is 32.9 Å². The van der Waals surface area contributed by atoms with E-state index in [1.165, 1.54) is 59.8 Å². The van der Waals surface area contributed by atoms with Crippen molar-refractivity contribution in [2.45, 2.75) is 57.8 Å². The van der Waals surface area contributed by atoms with Crippen LogP contribution in [0.25, 0.3) is 28.1 Å². The maximum Gasteiger partial charge on any atom is 0.305 e. The summed E-state index contributed by atoms with van der Waals surface area (Å²) in [6.07, 6.45) is 0.860. The van der Waals surface area contributed by atoms with Crippen molar-refractivity contribution in [3.63, 3.8) is 0 Å². The number of rotatable bonds is 11. The molecule has 46 heavy (non-hydrogen) atoms. The van der Waals surface area contributed by atoms with Crippen molar-refractivity contribution in [2.24, 2.45) is 5.73 Å². The number of fused-ring (bicyclic) bond motifs is 1. The van der Waals surface area contributed by atoms with Gasteiger partial charge in [-0.25, -0.2) is 27.1 Å². The van der Waals surface area contributed by atoms with Crippen LogP contribution < -0.4 is 10.0 Å². The van der Waals surface area contributed by atoms with Gasteiger partial charge in [-0.05, 0) is 53.4 Å². The number of aliphatic hydroxyl groups excluding tert-OH is 2. The summed E-state index contributed by atoms with van der Waals surface area (Å²) in [6, 6.07) is 20.2. The van der Waals surface area contributed by atoms with Crippen molar-refractivity contribution in [1.29, 1.82) is 0 Å². The van der Waals surface area contributed by atoms with E-state index in [2.05, 4.69) is 40.3 Å². The molecule has 5 N–H and O–H groups in total. The molecule has 3 aromatic carbocycles. The van der Waals surface area contributed by atoms with Crippen molar-refractivity contribution in [3.05, 3.63) is 95.4 Å². The lowest BCUT2D eigenvalue weighted by molar-refractivity contribution is -0.139. The normalized spacial score (nSPS) is 13.7. The molecule has 0 aliphatic rings. The van der Waals surface area contributed by atoms with Gasteiger partial charge in [0.15, 0.2) is 0 Å². The fourth-order valence-electron chi connectivity index (χ4n) is 4.69. The topological polar surface area (TPSA) is 167 Å². The van der Waals surface area contributed by atoms with Crippen LogP contribution in [0, 0.1) is 5.82 Å². The van der Waals surface area contributed by atoms with Gasteiger partial charge < -0.3 is 21.1 Å². The van der Waals surface area contributed by atoms with Crippen molar-refractivity contribution in [2.75, 3.05) is 17.6 Å². The van der Waals surface area contributed by atoms with Gasteiger partial charge in [0.2, 0.25) is 16.0 Å². The number of nitrogens with two attached hydrogens (primary N) is 1. The molecule has 1 heterocycles. The minimum atomic E-state index is -3.65. The Hall–Kier alpha value is -4.23. The molecule has 12 heteroatoms. The number of aliphatic carboxylic acids is 1. The highest BCUT2D eigenvalue weighted by molar-refractivity contribution is 7.92. The first-order valence-electron chi connectivity index (χ1n) is 14.7. The van der Waals surface area contributed by atoms with E-state index < -0.39 is 40.4 Å². The van der Waals surface area contributed by atoms with Crippen molar-refractivity contribution >= 4 is 38.8 Å². The Morgan fingerprint density at radius 2 is 1.63 bits per heavy atom. The Balaban J connectivity index is 0.000000365. The number of nitrogens with zero attached hydrogens (tertiary/aromatic N) is 3. The second-order valence-electron chi connectivity index (χ2n) is 11.3. The molecule has 0 radical (unpaired) electrons. The van der Waals surface area contributed by atoms with Crippen LogP contribution in [-0.2, 0) is 14.8 Å². The Morgan fingerprint density at radius 3 is 2.22 bits per heavy atom. The maximum absolute atomic E-state index is 13.5. The summed E-state index contributed by atoms with van der Waals surface area (Å²) in [6.45, 7) is 5.72. The van der Waals surface area contributed by atoms with Crippen LogP contribution in [0.1, 0.15) is 62.4 Å². The fourth-order valence-corrected chi connectivity index (χ4v) is 5.07. The molecular weight excluding hydrogens is 611 g/mol. The zero-order valence-electron chi connectivity index (χ0n) is 26.5. The largest absolute Gasteiger partial charge is 0.481 e. The summed E-state index contributed by atoms with van der Waals surface area (Å²) in [7, 11) is -2.33. The van der Waals surface area contributed by atoms with Crippen LogP contribution in [0.2, 0.25) is 0 Å². The van der Waals surface area contributed by atoms with Crippen LogP contribution in [0.4, 0.5) is 10.3 Å². The molecule has 4 aromatic rings. The second kappa shape index (κ2) is 15.9. The summed E-state index contributed by atoms with van der Waals surface area (Å²) >= 11 is 0. The highest BCUT2D eigenvalue weighted by atomic mass is 32.2. The first-order valence-corrected chi connectivity index (χ1v) is 16.5. The molecule has 0 amide bonds. The van der Waals surface area contributed by atoms with E-state index in [-0.39, 0.29) is 24.3 Å². The number of hydrogen-bond donors (Lipinski definition) is 4. The third-order valence-electron chi connectivity index (χ3n) is 7.13. The molecule has 0 aliphatic heterocycles. The molecule has 0 spiro atoms. The minimum Gasteiger partial charge on any atom is -0.481 e. The Kier molecular flexibility index (Phi) is 12.5. The summed E-state index contributed by atoms with van der Waals surface area (Å²) in [5, 5.41) is 31.3. The van der Waals surface area contributed by atoms with Crippen LogP contribution in [0.15, 0.2) is 72.8 Å². The summed E-state index contributed by atoms with van der Waals surface area (Å²) in [5.41, 5.74) is 8.90. The number of carbonyl (C=O) groups is 1. The molecule has 1 aromatic heterocycles. The van der Waals surface area contributed by atoms with E-state index >= 15 is 0 Å². The first-order chi connectivity index (χ1) is 21.6. The molecule has 3 atom stereocenters. The first kappa shape index (κ1) is 36.2. The number of aromatic nitrogens is 2. The zero-order valence-corrected chi connectivity index (χ0v) is 27.3. The SMILES string of the molecule is CC(C)c1nc(N(C)S(C)(=O)=O)nc(-c2ccc(F)cc2)c1/C=C/[C@@H](O)C[C@@H](O)CC(=O)O.C[C@@H](N)c1cccc2ccccc12. The average Bonchev–Trinajstić information content (AvgIpc) is 2.98. The summed E-state index contributed by atoms with van der Waals surface area (Å²) in [4.78, 5) is 19.6. The molecule has 0 bridgehead atoms. The lowest BCUT2D eigenvalue weighted by Crippen LogP contribution is -2.27. The van der Waals surface area contributed by atoms with Gasteiger partial charge in [0.05, 0.1) is 36.3 Å². The van der Waals surface area contributed by atoms with Gasteiger partial charge in [0, 0.05) is 30.6 Å². The van der Waals surface area contributed by atoms with Gasteiger partial charge in [-0.15, -0.1) is 0 Å². The van der Waals surface area contributed by atoms with Gasteiger partial charge >= 0.3 is 5.97 Å². The van der Waals surface area contributed by atoms with Crippen molar-refractivity contribution < 1.29 is 32.9 Å². The molecule has 4 rings (SSSR count).